The van der Waals surface area contributed by atoms with Crippen LogP contribution in [-0.4, -0.2) is 42.5 Å². The van der Waals surface area contributed by atoms with Gasteiger partial charge in [-0.25, -0.2) is 14.8 Å². The molecule has 3 heterocycles. The number of fused-ring (bicyclic) bond motifs is 1. The van der Waals surface area contributed by atoms with E-state index in [0.29, 0.717) is 41.3 Å². The number of likely N-dealkylation sites (tertiary alicyclic amines) is 1. The molecule has 5 rings (SSSR count). The maximum atomic E-state index is 13.9. The summed E-state index contributed by atoms with van der Waals surface area (Å²) < 4.78 is 8.91. The number of amides is 1. The van der Waals surface area contributed by atoms with Crippen molar-refractivity contribution in [3.63, 3.8) is 0 Å². The monoisotopic (exact) mass is 537 g/mol. The molecule has 1 atom stereocenters. The van der Waals surface area contributed by atoms with Crippen LogP contribution in [0.4, 0.5) is 5.82 Å². The number of nitrogen functional groups attached to an aromatic ring is 1. The van der Waals surface area contributed by atoms with Crippen LogP contribution in [0.2, 0.25) is 0 Å². The lowest BCUT2D eigenvalue weighted by atomic mass is 9.93. The van der Waals surface area contributed by atoms with E-state index >= 15 is 0 Å². The Labute approximate surface area is 231 Å². The van der Waals surface area contributed by atoms with Crippen molar-refractivity contribution in [2.45, 2.75) is 46.2 Å². The zero-order valence-corrected chi connectivity index (χ0v) is 22.7. The van der Waals surface area contributed by atoms with Crippen LogP contribution in [0.3, 0.4) is 0 Å². The number of anilines is 1. The fraction of sp³-hybridized carbons (Fsp3) is 0.300. The molecule has 0 bridgehead atoms. The Bertz CT molecular complexity index is 1670. The van der Waals surface area contributed by atoms with Crippen LogP contribution in [0, 0.1) is 16.7 Å². The predicted octanol–water partition coefficient (Wildman–Crippen LogP) is 4.44. The normalized spacial score (nSPS) is 15.8. The molecule has 2 N–H and O–H groups in total. The van der Waals surface area contributed by atoms with Crippen molar-refractivity contribution in [3.8, 4) is 23.3 Å². The number of allylic oxidation sites excluding steroid dienone is 1. The topological polar surface area (TPSA) is 132 Å². The van der Waals surface area contributed by atoms with Gasteiger partial charge in [-0.05, 0) is 54.7 Å². The second-order valence-corrected chi connectivity index (χ2v) is 10.9. The van der Waals surface area contributed by atoms with Crippen molar-refractivity contribution in [1.29, 1.82) is 5.26 Å². The van der Waals surface area contributed by atoms with E-state index in [1.165, 1.54) is 15.5 Å². The maximum absolute atomic E-state index is 13.9. The van der Waals surface area contributed by atoms with Gasteiger partial charge in [-0.2, -0.15) is 5.26 Å². The molecular formula is C30H31N7O3. The molecule has 1 fully saturated rings. The first-order chi connectivity index (χ1) is 19.2. The number of nitrogens with zero attached hydrogens (tertiary/aromatic N) is 6. The van der Waals surface area contributed by atoms with Crippen molar-refractivity contribution in [2.75, 3.05) is 12.3 Å². The molecule has 10 heteroatoms. The number of rotatable bonds is 6. The highest BCUT2D eigenvalue weighted by Crippen LogP contribution is 2.27. The summed E-state index contributed by atoms with van der Waals surface area (Å²) in [6.07, 6.45) is 4.50. The number of nitrogens with two attached hydrogens (primary N) is 1. The minimum Gasteiger partial charge on any atom is -0.457 e. The van der Waals surface area contributed by atoms with Gasteiger partial charge in [0.2, 0.25) is 0 Å². The summed E-state index contributed by atoms with van der Waals surface area (Å²) in [5.74, 6) is 1.17. The quantitative estimate of drug-likeness (QED) is 0.284. The lowest BCUT2D eigenvalue weighted by molar-refractivity contribution is -0.127. The molecular weight excluding hydrogens is 506 g/mol. The molecule has 1 amide bonds. The molecule has 2 aromatic heterocycles. The molecule has 1 aliphatic heterocycles. The standard InChI is InChI=1S/C30H31N7O3/c1-30(2,3)16-20(17-31)28(38)35-15-7-8-22(35)18-36-27-25(26(32)33-19-34-27)37(29(36)39)21-11-13-24(14-12-21)40-23-9-5-4-6-10-23/h4-6,9-14,16,19,22H,7-8,15,18H2,1-3H3,(H2,32,33,34)/b20-16-/t22-/m0/s1. The van der Waals surface area contributed by atoms with E-state index < -0.39 is 0 Å². The van der Waals surface area contributed by atoms with Gasteiger partial charge in [0.05, 0.1) is 11.7 Å². The Kier molecular flexibility index (Phi) is 7.13. The lowest BCUT2D eigenvalue weighted by Gasteiger charge is -2.25. The molecule has 40 heavy (non-hydrogen) atoms. The third kappa shape index (κ3) is 5.31. The zero-order valence-electron chi connectivity index (χ0n) is 22.7. The number of benzene rings is 2. The number of imidazole rings is 1. The van der Waals surface area contributed by atoms with Crippen LogP contribution >= 0.6 is 0 Å². The summed E-state index contributed by atoms with van der Waals surface area (Å²) in [4.78, 5) is 37.4. The summed E-state index contributed by atoms with van der Waals surface area (Å²) in [5, 5.41) is 9.68. The molecule has 0 unspecified atom stereocenters. The van der Waals surface area contributed by atoms with E-state index in [0.717, 1.165) is 6.42 Å². The second-order valence-electron chi connectivity index (χ2n) is 10.9. The number of carbonyl (C=O) groups excluding carboxylic acids is 1. The Morgan fingerprint density at radius 1 is 1.12 bits per heavy atom. The Balaban J connectivity index is 1.49. The largest absolute Gasteiger partial charge is 0.457 e. The predicted molar refractivity (Wildman–Crippen MR) is 152 cm³/mol. The SMILES string of the molecule is CC(C)(C)/C=C(/C#N)C(=O)N1CCC[C@H]1Cn1c(=O)n(-c2ccc(Oc3ccccc3)cc2)c2c(N)ncnc21. The molecule has 1 aliphatic rings. The molecule has 204 valence electrons. The first kappa shape index (κ1) is 26.7. The zero-order chi connectivity index (χ0) is 28.4. The van der Waals surface area contributed by atoms with Crippen molar-refractivity contribution in [1.82, 2.24) is 24.0 Å². The number of aromatic nitrogens is 4. The molecule has 4 aromatic rings. The lowest BCUT2D eigenvalue weighted by Crippen LogP contribution is -2.40. The van der Waals surface area contributed by atoms with Crippen molar-refractivity contribution >= 4 is 22.9 Å². The van der Waals surface area contributed by atoms with Gasteiger partial charge < -0.3 is 15.4 Å². The molecule has 0 radical (unpaired) electrons. The van der Waals surface area contributed by atoms with Crippen LogP contribution in [-0.2, 0) is 11.3 Å². The molecule has 2 aromatic carbocycles. The van der Waals surface area contributed by atoms with Gasteiger partial charge in [0, 0.05) is 13.1 Å². The van der Waals surface area contributed by atoms with Crippen LogP contribution in [0.1, 0.15) is 33.6 Å². The average Bonchev–Trinajstić information content (AvgIpc) is 3.51. The summed E-state index contributed by atoms with van der Waals surface area (Å²) in [6.45, 7) is 6.56. The molecule has 0 aliphatic carbocycles. The van der Waals surface area contributed by atoms with Gasteiger partial charge in [0.1, 0.15) is 35.0 Å². The summed E-state index contributed by atoms with van der Waals surface area (Å²) in [5.41, 5.74) is 7.05. The van der Waals surface area contributed by atoms with Crippen molar-refractivity contribution in [2.24, 2.45) is 5.41 Å². The van der Waals surface area contributed by atoms with E-state index in [4.69, 9.17) is 10.5 Å². The minimum absolute atomic E-state index is 0.110. The summed E-state index contributed by atoms with van der Waals surface area (Å²) >= 11 is 0. The van der Waals surface area contributed by atoms with E-state index in [1.807, 2.05) is 51.1 Å². The summed E-state index contributed by atoms with van der Waals surface area (Å²) in [7, 11) is 0. The average molecular weight is 538 g/mol. The smallest absolute Gasteiger partial charge is 0.335 e. The van der Waals surface area contributed by atoms with Gasteiger partial charge in [-0.3, -0.25) is 13.9 Å². The fourth-order valence-corrected chi connectivity index (χ4v) is 5.03. The van der Waals surface area contributed by atoms with Gasteiger partial charge in [-0.1, -0.05) is 45.0 Å². The van der Waals surface area contributed by atoms with E-state index in [-0.39, 0.29) is 41.0 Å². The van der Waals surface area contributed by atoms with Gasteiger partial charge >= 0.3 is 5.69 Å². The van der Waals surface area contributed by atoms with Gasteiger partial charge in [-0.15, -0.1) is 0 Å². The highest BCUT2D eigenvalue weighted by Gasteiger charge is 2.33. The van der Waals surface area contributed by atoms with Crippen LogP contribution in [0.5, 0.6) is 11.5 Å². The summed E-state index contributed by atoms with van der Waals surface area (Å²) in [6, 6.07) is 18.3. The molecule has 10 nitrogen and oxygen atoms in total. The first-order valence-electron chi connectivity index (χ1n) is 13.2. The van der Waals surface area contributed by atoms with Crippen LogP contribution in [0.25, 0.3) is 16.9 Å². The van der Waals surface area contributed by atoms with Crippen LogP contribution < -0.4 is 16.2 Å². The van der Waals surface area contributed by atoms with Crippen molar-refractivity contribution in [3.05, 3.63) is 83.1 Å². The van der Waals surface area contributed by atoms with Crippen molar-refractivity contribution < 1.29 is 9.53 Å². The highest BCUT2D eigenvalue weighted by molar-refractivity contribution is 5.97. The number of hydrogen-bond acceptors (Lipinski definition) is 7. The Morgan fingerprint density at radius 3 is 2.50 bits per heavy atom. The Morgan fingerprint density at radius 2 is 1.82 bits per heavy atom. The highest BCUT2D eigenvalue weighted by atomic mass is 16.5. The maximum Gasteiger partial charge on any atom is 0.335 e. The molecule has 0 spiro atoms. The van der Waals surface area contributed by atoms with E-state index in [2.05, 4.69) is 16.0 Å². The van der Waals surface area contributed by atoms with Crippen LogP contribution in [0.15, 0.2) is 77.4 Å². The number of nitriles is 1. The first-order valence-corrected chi connectivity index (χ1v) is 13.2. The molecule has 0 saturated carbocycles. The van der Waals surface area contributed by atoms with E-state index in [9.17, 15) is 14.9 Å². The van der Waals surface area contributed by atoms with Gasteiger partial charge in [0.15, 0.2) is 11.5 Å². The van der Waals surface area contributed by atoms with Gasteiger partial charge in [0.25, 0.3) is 5.91 Å². The molecule has 1 saturated heterocycles. The number of hydrogen-bond donors (Lipinski definition) is 1. The fourth-order valence-electron chi connectivity index (χ4n) is 5.03. The van der Waals surface area contributed by atoms with E-state index in [1.54, 1.807) is 35.2 Å². The third-order valence-corrected chi connectivity index (χ3v) is 6.77. The Hall–Kier alpha value is -4.91. The third-order valence-electron chi connectivity index (χ3n) is 6.77. The number of para-hydroxylation sites is 1. The second kappa shape index (κ2) is 10.7. The minimum atomic E-state index is -0.344. The number of ether oxygens (including phenoxy) is 1. The number of carbonyl (C=O) groups is 1.